The van der Waals surface area contributed by atoms with Crippen molar-refractivity contribution in [3.63, 3.8) is 0 Å². The van der Waals surface area contributed by atoms with Crippen LogP contribution in [-0.4, -0.2) is 25.3 Å². The first-order valence-corrected chi connectivity index (χ1v) is 5.86. The Kier molecular flexibility index (Phi) is 2.73. The van der Waals surface area contributed by atoms with E-state index < -0.39 is 0 Å². The first-order chi connectivity index (χ1) is 8.33. The van der Waals surface area contributed by atoms with Crippen LogP contribution in [0.15, 0.2) is 18.2 Å². The van der Waals surface area contributed by atoms with Crippen molar-refractivity contribution in [1.29, 1.82) is 0 Å². The lowest BCUT2D eigenvalue weighted by molar-refractivity contribution is -0.127. The van der Waals surface area contributed by atoms with Crippen LogP contribution >= 0.6 is 0 Å². The van der Waals surface area contributed by atoms with Gasteiger partial charge in [0, 0.05) is 13.0 Å². The lowest BCUT2D eigenvalue weighted by Gasteiger charge is -2.08. The number of carbonyl (C=O) groups is 1. The summed E-state index contributed by atoms with van der Waals surface area (Å²) in [4.78, 5) is 11.9. The molecule has 0 saturated carbocycles. The third kappa shape index (κ3) is 2.13. The highest BCUT2D eigenvalue weighted by Crippen LogP contribution is 2.32. The van der Waals surface area contributed by atoms with Crippen LogP contribution in [0.1, 0.15) is 18.4 Å². The minimum atomic E-state index is -0.208. The van der Waals surface area contributed by atoms with Crippen LogP contribution in [0.25, 0.3) is 0 Å². The Hall–Kier alpha value is -1.55. The smallest absolute Gasteiger partial charge is 0.231 e. The summed E-state index contributed by atoms with van der Waals surface area (Å²) in [7, 11) is 0. The van der Waals surface area contributed by atoms with Crippen LogP contribution in [0, 0.1) is 0 Å². The summed E-state index contributed by atoms with van der Waals surface area (Å²) in [6.45, 7) is 0.968. The predicted octanol–water partition coefficient (Wildman–Crippen LogP) is 1.71. The van der Waals surface area contributed by atoms with E-state index in [0.29, 0.717) is 13.0 Å². The molecule has 0 aromatic heterocycles. The molecular formula is C13H14O4. The van der Waals surface area contributed by atoms with Gasteiger partial charge in [-0.25, -0.2) is 0 Å². The van der Waals surface area contributed by atoms with Gasteiger partial charge in [0.25, 0.3) is 0 Å². The minimum absolute atomic E-state index is 0.154. The molecule has 4 nitrogen and oxygen atoms in total. The standard InChI is InChI=1S/C13H14O4/c14-10(11-2-1-5-15-11)6-9-3-4-12-13(7-9)17-8-16-12/h3-4,7,11H,1-2,5-6,8H2. The van der Waals surface area contributed by atoms with Gasteiger partial charge < -0.3 is 14.2 Å². The number of carbonyl (C=O) groups excluding carboxylic acids is 1. The molecule has 1 aromatic rings. The van der Waals surface area contributed by atoms with Crippen LogP contribution in [-0.2, 0) is 16.0 Å². The minimum Gasteiger partial charge on any atom is -0.454 e. The number of Topliss-reactive ketones (excluding diaryl/α,β-unsaturated/α-hetero) is 1. The molecular weight excluding hydrogens is 220 g/mol. The Bertz CT molecular complexity index is 435. The van der Waals surface area contributed by atoms with Crippen molar-refractivity contribution >= 4 is 5.78 Å². The van der Waals surface area contributed by atoms with Crippen molar-refractivity contribution in [3.8, 4) is 11.5 Å². The summed E-state index contributed by atoms with van der Waals surface area (Å²) in [5.41, 5.74) is 0.953. The van der Waals surface area contributed by atoms with Crippen molar-refractivity contribution in [1.82, 2.24) is 0 Å². The first kappa shape index (κ1) is 10.6. The molecule has 3 rings (SSSR count). The zero-order valence-electron chi connectivity index (χ0n) is 9.48. The second-order valence-electron chi connectivity index (χ2n) is 4.33. The fourth-order valence-electron chi connectivity index (χ4n) is 2.20. The largest absolute Gasteiger partial charge is 0.454 e. The monoisotopic (exact) mass is 234 g/mol. The number of hydrogen-bond acceptors (Lipinski definition) is 4. The highest BCUT2D eigenvalue weighted by molar-refractivity contribution is 5.85. The third-order valence-corrected chi connectivity index (χ3v) is 3.10. The maximum Gasteiger partial charge on any atom is 0.231 e. The molecule has 0 amide bonds. The SMILES string of the molecule is O=C(Cc1ccc2c(c1)OCO2)C1CCCO1. The lowest BCUT2D eigenvalue weighted by Crippen LogP contribution is -2.21. The number of ketones is 1. The molecule has 2 aliphatic heterocycles. The van der Waals surface area contributed by atoms with Crippen molar-refractivity contribution < 1.29 is 19.0 Å². The molecule has 1 fully saturated rings. The topological polar surface area (TPSA) is 44.8 Å². The average molecular weight is 234 g/mol. The normalized spacial score (nSPS) is 21.8. The van der Waals surface area contributed by atoms with Gasteiger partial charge in [-0.1, -0.05) is 6.07 Å². The molecule has 0 spiro atoms. The van der Waals surface area contributed by atoms with Gasteiger partial charge in [-0.15, -0.1) is 0 Å². The van der Waals surface area contributed by atoms with Gasteiger partial charge in [-0.3, -0.25) is 4.79 Å². The van der Waals surface area contributed by atoms with Gasteiger partial charge in [-0.2, -0.15) is 0 Å². The third-order valence-electron chi connectivity index (χ3n) is 3.10. The highest BCUT2D eigenvalue weighted by atomic mass is 16.7. The molecule has 17 heavy (non-hydrogen) atoms. The van der Waals surface area contributed by atoms with Crippen molar-refractivity contribution in [3.05, 3.63) is 23.8 Å². The molecule has 0 radical (unpaired) electrons. The maximum absolute atomic E-state index is 11.9. The maximum atomic E-state index is 11.9. The van der Waals surface area contributed by atoms with Crippen LogP contribution in [0.4, 0.5) is 0 Å². The van der Waals surface area contributed by atoms with E-state index in [2.05, 4.69) is 0 Å². The second kappa shape index (κ2) is 4.37. The molecule has 1 atom stereocenters. The zero-order chi connectivity index (χ0) is 11.7. The van der Waals surface area contributed by atoms with E-state index in [4.69, 9.17) is 14.2 Å². The summed E-state index contributed by atoms with van der Waals surface area (Å²) >= 11 is 0. The zero-order valence-corrected chi connectivity index (χ0v) is 9.48. The molecule has 4 heteroatoms. The molecule has 2 aliphatic rings. The van der Waals surface area contributed by atoms with Gasteiger partial charge in [0.15, 0.2) is 17.3 Å². The molecule has 1 unspecified atom stereocenters. The van der Waals surface area contributed by atoms with E-state index >= 15 is 0 Å². The Balaban J connectivity index is 1.70. The number of benzene rings is 1. The van der Waals surface area contributed by atoms with Crippen molar-refractivity contribution in [2.75, 3.05) is 13.4 Å². The Labute approximate surface area is 99.5 Å². The van der Waals surface area contributed by atoms with Crippen molar-refractivity contribution in [2.24, 2.45) is 0 Å². The second-order valence-corrected chi connectivity index (χ2v) is 4.33. The molecule has 90 valence electrons. The van der Waals surface area contributed by atoms with Crippen molar-refractivity contribution in [2.45, 2.75) is 25.4 Å². The Morgan fingerprint density at radius 3 is 3.00 bits per heavy atom. The molecule has 2 heterocycles. The van der Waals surface area contributed by atoms with E-state index in [9.17, 15) is 4.79 Å². The number of hydrogen-bond donors (Lipinski definition) is 0. The van der Waals surface area contributed by atoms with Gasteiger partial charge >= 0.3 is 0 Å². The van der Waals surface area contributed by atoms with Crippen LogP contribution in [0.3, 0.4) is 0 Å². The fourth-order valence-corrected chi connectivity index (χ4v) is 2.20. The first-order valence-electron chi connectivity index (χ1n) is 5.86. The number of fused-ring (bicyclic) bond motifs is 1. The average Bonchev–Trinajstić information content (AvgIpc) is 2.99. The van der Waals surface area contributed by atoms with E-state index in [1.54, 1.807) is 0 Å². The van der Waals surface area contributed by atoms with E-state index in [1.165, 1.54) is 0 Å². The summed E-state index contributed by atoms with van der Waals surface area (Å²) in [6, 6.07) is 5.62. The van der Waals surface area contributed by atoms with Crippen LogP contribution in [0.2, 0.25) is 0 Å². The highest BCUT2D eigenvalue weighted by Gasteiger charge is 2.24. The summed E-state index contributed by atoms with van der Waals surface area (Å²) < 4.78 is 15.9. The summed E-state index contributed by atoms with van der Waals surface area (Å²) in [6.07, 6.45) is 2.03. The van der Waals surface area contributed by atoms with Gasteiger partial charge in [0.05, 0.1) is 0 Å². The predicted molar refractivity (Wildman–Crippen MR) is 60.3 cm³/mol. The van der Waals surface area contributed by atoms with Crippen LogP contribution < -0.4 is 9.47 Å². The van der Waals surface area contributed by atoms with Crippen LogP contribution in [0.5, 0.6) is 11.5 Å². The van der Waals surface area contributed by atoms with Gasteiger partial charge in [0.2, 0.25) is 6.79 Å². The number of ether oxygens (including phenoxy) is 3. The molecule has 0 aliphatic carbocycles. The molecule has 0 N–H and O–H groups in total. The van der Waals surface area contributed by atoms with Gasteiger partial charge in [0.1, 0.15) is 6.10 Å². The number of rotatable bonds is 3. The Morgan fingerprint density at radius 2 is 2.18 bits per heavy atom. The Morgan fingerprint density at radius 1 is 1.29 bits per heavy atom. The van der Waals surface area contributed by atoms with E-state index in [1.807, 2.05) is 18.2 Å². The summed E-state index contributed by atoms with van der Waals surface area (Å²) in [5, 5.41) is 0. The molecule has 0 bridgehead atoms. The molecule has 1 aromatic carbocycles. The van der Waals surface area contributed by atoms with E-state index in [-0.39, 0.29) is 18.7 Å². The van der Waals surface area contributed by atoms with E-state index in [0.717, 1.165) is 29.9 Å². The molecule has 1 saturated heterocycles. The lowest BCUT2D eigenvalue weighted by atomic mass is 10.0. The van der Waals surface area contributed by atoms with Gasteiger partial charge in [-0.05, 0) is 30.5 Å². The summed E-state index contributed by atoms with van der Waals surface area (Å²) in [5.74, 6) is 1.63. The fraction of sp³-hybridized carbons (Fsp3) is 0.462. The quantitative estimate of drug-likeness (QED) is 0.798.